The van der Waals surface area contributed by atoms with E-state index >= 15 is 0 Å². The molecule has 0 aliphatic rings. The van der Waals surface area contributed by atoms with Crippen molar-refractivity contribution in [3.63, 3.8) is 0 Å². The van der Waals surface area contributed by atoms with Crippen LogP contribution >= 0.6 is 0 Å². The van der Waals surface area contributed by atoms with E-state index in [0.717, 1.165) is 5.56 Å². The minimum absolute atomic E-state index is 0.0687. The number of rotatable bonds is 6. The third-order valence-electron chi connectivity index (χ3n) is 3.06. The molecule has 3 nitrogen and oxygen atoms in total. The van der Waals surface area contributed by atoms with Crippen molar-refractivity contribution >= 4 is 0 Å². The first-order chi connectivity index (χ1) is 8.10. The van der Waals surface area contributed by atoms with Gasteiger partial charge < -0.3 is 15.6 Å². The van der Waals surface area contributed by atoms with Gasteiger partial charge in [-0.2, -0.15) is 0 Å². The highest BCUT2D eigenvalue weighted by molar-refractivity contribution is 5.37. The average Bonchev–Trinajstić information content (AvgIpc) is 2.30. The first-order valence-electron chi connectivity index (χ1n) is 6.10. The maximum atomic E-state index is 8.75. The van der Waals surface area contributed by atoms with Crippen molar-refractivity contribution in [3.05, 3.63) is 34.4 Å². The minimum atomic E-state index is -0.0687. The number of ether oxygens (including phenoxy) is 1. The normalized spacial score (nSPS) is 12.8. The Labute approximate surface area is 104 Å². The number of aliphatic hydroxyl groups excluding tert-OH is 1. The van der Waals surface area contributed by atoms with Crippen LogP contribution in [0, 0.1) is 20.8 Å². The van der Waals surface area contributed by atoms with E-state index in [1.807, 2.05) is 0 Å². The summed E-state index contributed by atoms with van der Waals surface area (Å²) in [6.07, 6.45) is 0.585. The van der Waals surface area contributed by atoms with Gasteiger partial charge >= 0.3 is 0 Å². The summed E-state index contributed by atoms with van der Waals surface area (Å²) >= 11 is 0. The predicted molar refractivity (Wildman–Crippen MR) is 70.1 cm³/mol. The van der Waals surface area contributed by atoms with E-state index in [4.69, 9.17) is 15.6 Å². The molecule has 1 atom stereocenters. The lowest BCUT2D eigenvalue weighted by atomic mass is 9.97. The molecule has 1 aromatic rings. The summed E-state index contributed by atoms with van der Waals surface area (Å²) in [6.45, 7) is 7.46. The number of aryl methyl sites for hydroxylation is 3. The molecule has 0 bridgehead atoms. The number of nitrogens with two attached hydrogens (primary N) is 1. The second-order valence-electron chi connectivity index (χ2n) is 4.47. The van der Waals surface area contributed by atoms with Gasteiger partial charge in [0.2, 0.25) is 0 Å². The van der Waals surface area contributed by atoms with Crippen molar-refractivity contribution in [2.45, 2.75) is 33.3 Å². The van der Waals surface area contributed by atoms with Gasteiger partial charge in [0.05, 0.1) is 6.10 Å². The maximum absolute atomic E-state index is 8.75. The molecule has 96 valence electrons. The Morgan fingerprint density at radius 3 is 2.41 bits per heavy atom. The van der Waals surface area contributed by atoms with Crippen LogP contribution in [0.1, 0.15) is 34.8 Å². The molecule has 1 aromatic carbocycles. The van der Waals surface area contributed by atoms with Gasteiger partial charge in [-0.05, 0) is 49.4 Å². The molecule has 0 saturated heterocycles. The molecule has 0 fully saturated rings. The highest BCUT2D eigenvalue weighted by atomic mass is 16.5. The van der Waals surface area contributed by atoms with Gasteiger partial charge in [-0.15, -0.1) is 0 Å². The number of hydrogen-bond donors (Lipinski definition) is 2. The zero-order chi connectivity index (χ0) is 12.8. The Hall–Kier alpha value is -0.900. The van der Waals surface area contributed by atoms with Crippen LogP contribution in [0.2, 0.25) is 0 Å². The third-order valence-corrected chi connectivity index (χ3v) is 3.06. The van der Waals surface area contributed by atoms with Crippen molar-refractivity contribution < 1.29 is 9.84 Å². The Bertz CT molecular complexity index is 363. The summed E-state index contributed by atoms with van der Waals surface area (Å²) in [5.74, 6) is 0. The van der Waals surface area contributed by atoms with Gasteiger partial charge in [0, 0.05) is 19.8 Å². The topological polar surface area (TPSA) is 55.5 Å². The first-order valence-corrected chi connectivity index (χ1v) is 6.10. The number of hydrogen-bond acceptors (Lipinski definition) is 3. The largest absolute Gasteiger partial charge is 0.396 e. The highest BCUT2D eigenvalue weighted by Crippen LogP contribution is 2.23. The van der Waals surface area contributed by atoms with Crippen LogP contribution in [-0.2, 0) is 4.74 Å². The van der Waals surface area contributed by atoms with E-state index in [0.29, 0.717) is 19.6 Å². The van der Waals surface area contributed by atoms with Crippen molar-refractivity contribution in [3.8, 4) is 0 Å². The standard InChI is InChI=1S/C14H23NO2/c1-10-7-12(3)13(8-11(10)2)14(9-15)17-6-4-5-16/h7-8,14,16H,4-6,9,15H2,1-3H3. The van der Waals surface area contributed by atoms with Crippen LogP contribution in [-0.4, -0.2) is 24.9 Å². The van der Waals surface area contributed by atoms with Gasteiger partial charge in [0.25, 0.3) is 0 Å². The van der Waals surface area contributed by atoms with E-state index in [1.165, 1.54) is 16.7 Å². The van der Waals surface area contributed by atoms with Gasteiger partial charge in [0.15, 0.2) is 0 Å². The van der Waals surface area contributed by atoms with E-state index in [-0.39, 0.29) is 12.7 Å². The molecule has 0 aromatic heterocycles. The maximum Gasteiger partial charge on any atom is 0.0949 e. The lowest BCUT2D eigenvalue weighted by molar-refractivity contribution is 0.0484. The summed E-state index contributed by atoms with van der Waals surface area (Å²) in [6, 6.07) is 4.32. The van der Waals surface area contributed by atoms with Gasteiger partial charge in [0.1, 0.15) is 0 Å². The van der Waals surface area contributed by atoms with Crippen LogP contribution in [0.25, 0.3) is 0 Å². The SMILES string of the molecule is Cc1cc(C)c(C(CN)OCCCO)cc1C. The fourth-order valence-corrected chi connectivity index (χ4v) is 1.90. The first kappa shape index (κ1) is 14.2. The Morgan fingerprint density at radius 1 is 1.18 bits per heavy atom. The quantitative estimate of drug-likeness (QED) is 0.744. The molecule has 3 N–H and O–H groups in total. The Kier molecular flexibility index (Phi) is 5.62. The van der Waals surface area contributed by atoms with Crippen molar-refractivity contribution in [2.75, 3.05) is 19.8 Å². The molecule has 1 rings (SSSR count). The molecule has 0 amide bonds. The van der Waals surface area contributed by atoms with Gasteiger partial charge in [-0.3, -0.25) is 0 Å². The zero-order valence-electron chi connectivity index (χ0n) is 11.0. The average molecular weight is 237 g/mol. The molecular weight excluding hydrogens is 214 g/mol. The van der Waals surface area contributed by atoms with Crippen molar-refractivity contribution in [1.29, 1.82) is 0 Å². The lowest BCUT2D eigenvalue weighted by Gasteiger charge is -2.20. The molecule has 3 heteroatoms. The van der Waals surface area contributed by atoms with Crippen LogP contribution in [0.15, 0.2) is 12.1 Å². The van der Waals surface area contributed by atoms with Crippen molar-refractivity contribution in [2.24, 2.45) is 5.73 Å². The lowest BCUT2D eigenvalue weighted by Crippen LogP contribution is -2.18. The smallest absolute Gasteiger partial charge is 0.0949 e. The van der Waals surface area contributed by atoms with Crippen LogP contribution in [0.5, 0.6) is 0 Å². The molecule has 0 aliphatic heterocycles. The van der Waals surface area contributed by atoms with Crippen LogP contribution in [0.4, 0.5) is 0 Å². The number of aliphatic hydroxyl groups is 1. The molecular formula is C14H23NO2. The van der Waals surface area contributed by atoms with Crippen LogP contribution in [0.3, 0.4) is 0 Å². The fourth-order valence-electron chi connectivity index (χ4n) is 1.90. The van der Waals surface area contributed by atoms with Gasteiger partial charge in [-0.25, -0.2) is 0 Å². The summed E-state index contributed by atoms with van der Waals surface area (Å²) in [4.78, 5) is 0. The van der Waals surface area contributed by atoms with Gasteiger partial charge in [-0.1, -0.05) is 12.1 Å². The second kappa shape index (κ2) is 6.74. The van der Waals surface area contributed by atoms with E-state index in [2.05, 4.69) is 32.9 Å². The van der Waals surface area contributed by atoms with Crippen molar-refractivity contribution in [1.82, 2.24) is 0 Å². The minimum Gasteiger partial charge on any atom is -0.396 e. The Morgan fingerprint density at radius 2 is 1.82 bits per heavy atom. The molecule has 0 saturated carbocycles. The third kappa shape index (κ3) is 3.80. The van der Waals surface area contributed by atoms with E-state index < -0.39 is 0 Å². The Balaban J connectivity index is 2.84. The van der Waals surface area contributed by atoms with Crippen LogP contribution < -0.4 is 5.73 Å². The molecule has 0 radical (unpaired) electrons. The summed E-state index contributed by atoms with van der Waals surface area (Å²) in [5.41, 5.74) is 10.7. The molecule has 17 heavy (non-hydrogen) atoms. The van der Waals surface area contributed by atoms with E-state index in [9.17, 15) is 0 Å². The predicted octanol–water partition coefficient (Wildman–Crippen LogP) is 2.01. The summed E-state index contributed by atoms with van der Waals surface area (Å²) in [7, 11) is 0. The number of benzene rings is 1. The molecule has 1 unspecified atom stereocenters. The molecule has 0 heterocycles. The zero-order valence-corrected chi connectivity index (χ0v) is 11.0. The molecule has 0 spiro atoms. The second-order valence-corrected chi connectivity index (χ2v) is 4.47. The monoisotopic (exact) mass is 237 g/mol. The fraction of sp³-hybridized carbons (Fsp3) is 0.571. The van der Waals surface area contributed by atoms with E-state index in [1.54, 1.807) is 0 Å². The highest BCUT2D eigenvalue weighted by Gasteiger charge is 2.13. The summed E-state index contributed by atoms with van der Waals surface area (Å²) in [5, 5.41) is 8.75. The molecule has 0 aliphatic carbocycles. The summed E-state index contributed by atoms with van der Waals surface area (Å²) < 4.78 is 5.71.